The molecule has 7 atom stereocenters. The maximum Gasteiger partial charge on any atom is 0.217 e. The van der Waals surface area contributed by atoms with Gasteiger partial charge in [0.1, 0.15) is 29.1 Å². The molecule has 1 aromatic carbocycles. The van der Waals surface area contributed by atoms with E-state index in [1.54, 1.807) is 0 Å². The summed E-state index contributed by atoms with van der Waals surface area (Å²) >= 11 is 0. The van der Waals surface area contributed by atoms with Gasteiger partial charge in [-0.15, -0.1) is 0 Å². The molecule has 0 amide bonds. The Balaban J connectivity index is 1.70. The Kier molecular flexibility index (Phi) is 4.61. The minimum atomic E-state index is -1.54. The van der Waals surface area contributed by atoms with E-state index in [-0.39, 0.29) is 72.9 Å². The molecule has 6 rings (SSSR count). The van der Waals surface area contributed by atoms with Crippen molar-refractivity contribution in [2.45, 2.75) is 74.1 Å². The van der Waals surface area contributed by atoms with E-state index in [0.29, 0.717) is 11.1 Å². The van der Waals surface area contributed by atoms with Gasteiger partial charge in [0.15, 0.2) is 5.78 Å². The van der Waals surface area contributed by atoms with E-state index in [9.17, 15) is 35.1 Å². The number of phenols is 1. The number of fused-ring (bicyclic) bond motifs is 3. The minimum Gasteiger partial charge on any atom is -0.507 e. The smallest absolute Gasteiger partial charge is 0.217 e. The van der Waals surface area contributed by atoms with Crippen LogP contribution in [0, 0.1) is 5.92 Å². The number of hydrogen-bond acceptors (Lipinski definition) is 10. The Hall–Kier alpha value is -2.50. The van der Waals surface area contributed by atoms with Gasteiger partial charge in [0.05, 0.1) is 42.5 Å². The molecule has 188 valence electrons. The summed E-state index contributed by atoms with van der Waals surface area (Å²) in [6.45, 7) is 1.24. The summed E-state index contributed by atoms with van der Waals surface area (Å²) in [6.07, 6.45) is -2.59. The van der Waals surface area contributed by atoms with Crippen molar-refractivity contribution >= 4 is 11.6 Å². The first-order chi connectivity index (χ1) is 16.4. The van der Waals surface area contributed by atoms with Gasteiger partial charge in [-0.25, -0.2) is 0 Å². The number of benzene rings is 1. The van der Waals surface area contributed by atoms with Gasteiger partial charge in [0, 0.05) is 60.8 Å². The molecule has 35 heavy (non-hydrogen) atoms. The lowest BCUT2D eigenvalue weighted by atomic mass is 9.59. The van der Waals surface area contributed by atoms with Crippen LogP contribution in [0.25, 0.3) is 0 Å². The molecule has 2 aliphatic heterocycles. The van der Waals surface area contributed by atoms with Crippen LogP contribution in [0.4, 0.5) is 0 Å². The molecule has 1 aromatic rings. The second-order valence-electron chi connectivity index (χ2n) is 10.7. The van der Waals surface area contributed by atoms with Gasteiger partial charge in [0.25, 0.3) is 0 Å². The van der Waals surface area contributed by atoms with Crippen molar-refractivity contribution in [3.05, 3.63) is 34.1 Å². The van der Waals surface area contributed by atoms with Gasteiger partial charge in [-0.05, 0) is 6.92 Å². The van der Waals surface area contributed by atoms with Crippen molar-refractivity contribution in [3.8, 4) is 11.5 Å². The predicted molar refractivity (Wildman–Crippen MR) is 117 cm³/mol. The summed E-state index contributed by atoms with van der Waals surface area (Å²) in [5.41, 5.74) is -1.76. The highest BCUT2D eigenvalue weighted by molar-refractivity contribution is 6.12. The second kappa shape index (κ2) is 7.04. The molecule has 5 aliphatic rings. The van der Waals surface area contributed by atoms with E-state index in [1.807, 2.05) is 0 Å². The summed E-state index contributed by atoms with van der Waals surface area (Å²) in [6, 6.07) is 0. The van der Waals surface area contributed by atoms with Crippen molar-refractivity contribution in [2.24, 2.45) is 5.92 Å². The van der Waals surface area contributed by atoms with Crippen molar-refractivity contribution in [2.75, 3.05) is 13.7 Å². The molecule has 2 heterocycles. The molecule has 2 fully saturated rings. The fourth-order valence-electron chi connectivity index (χ4n) is 6.91. The maximum atomic E-state index is 13.3. The lowest BCUT2D eigenvalue weighted by molar-refractivity contribution is -0.292. The number of rotatable bonds is 1. The molecular weight excluding hydrogens is 460 g/mol. The average Bonchev–Trinajstić information content (AvgIpc) is 3.15. The number of carbonyl (C=O) groups is 2. The third-order valence-electron chi connectivity index (χ3n) is 8.65. The number of Topliss-reactive ketones (excluding diaryl/α,β-unsaturated/α-hetero) is 1. The Bertz CT molecular complexity index is 1200. The summed E-state index contributed by atoms with van der Waals surface area (Å²) < 4.78 is 18.3. The molecule has 10 heteroatoms. The predicted octanol–water partition coefficient (Wildman–Crippen LogP) is -0.223. The first-order valence-corrected chi connectivity index (χ1v) is 11.8. The second-order valence-corrected chi connectivity index (χ2v) is 10.7. The van der Waals surface area contributed by atoms with Gasteiger partial charge in [-0.1, -0.05) is 0 Å². The van der Waals surface area contributed by atoms with Crippen molar-refractivity contribution in [1.82, 2.24) is 0 Å². The first-order valence-electron chi connectivity index (χ1n) is 11.8. The van der Waals surface area contributed by atoms with Crippen LogP contribution in [-0.4, -0.2) is 80.5 Å². The SMILES string of the molecule is COC1=CC(=O)c2c(O)c3c(c4c2[C@]12CC(=O)C[C@H]2[C@@]1(C[C@H](O)[C@H](O)CO1)O4)C[C@](C)(O)[C@H](O)C3. The number of methoxy groups -OCH3 is 1. The van der Waals surface area contributed by atoms with E-state index in [4.69, 9.17) is 14.2 Å². The minimum absolute atomic E-state index is 0.0146. The van der Waals surface area contributed by atoms with Crippen LogP contribution in [0.5, 0.6) is 11.5 Å². The molecule has 5 N–H and O–H groups in total. The Morgan fingerprint density at radius 3 is 2.51 bits per heavy atom. The molecule has 0 radical (unpaired) electrons. The Morgan fingerprint density at radius 2 is 1.83 bits per heavy atom. The number of hydrogen-bond donors (Lipinski definition) is 5. The van der Waals surface area contributed by atoms with E-state index in [2.05, 4.69) is 0 Å². The van der Waals surface area contributed by atoms with Crippen LogP contribution in [0.1, 0.15) is 53.2 Å². The third kappa shape index (κ3) is 2.77. The highest BCUT2D eigenvalue weighted by atomic mass is 16.7. The third-order valence-corrected chi connectivity index (χ3v) is 8.65. The summed E-state index contributed by atoms with van der Waals surface area (Å²) in [4.78, 5) is 26.3. The number of carbonyl (C=O) groups excluding carboxylic acids is 2. The molecule has 0 aromatic heterocycles. The lowest BCUT2D eigenvalue weighted by Crippen LogP contribution is -2.63. The number of allylic oxidation sites excluding steroid dienone is 2. The Morgan fingerprint density at radius 1 is 1.09 bits per heavy atom. The lowest BCUT2D eigenvalue weighted by Gasteiger charge is -2.56. The van der Waals surface area contributed by atoms with Crippen LogP contribution in [0.2, 0.25) is 0 Å². The van der Waals surface area contributed by atoms with E-state index < -0.39 is 46.8 Å². The number of aliphatic hydroxyl groups is 4. The largest absolute Gasteiger partial charge is 0.507 e. The van der Waals surface area contributed by atoms with Gasteiger partial charge in [-0.3, -0.25) is 9.59 Å². The molecular formula is C25H28O10. The Labute approximate surface area is 200 Å². The zero-order chi connectivity index (χ0) is 25.1. The fourth-order valence-corrected chi connectivity index (χ4v) is 6.91. The maximum absolute atomic E-state index is 13.3. The highest BCUT2D eigenvalue weighted by Gasteiger charge is 2.69. The topological polar surface area (TPSA) is 163 Å². The first kappa shape index (κ1) is 22.9. The molecule has 10 nitrogen and oxygen atoms in total. The number of ether oxygens (including phenoxy) is 3. The van der Waals surface area contributed by atoms with Gasteiger partial charge in [-0.2, -0.15) is 0 Å². The van der Waals surface area contributed by atoms with Crippen molar-refractivity contribution in [3.63, 3.8) is 0 Å². The van der Waals surface area contributed by atoms with Crippen LogP contribution in [0.15, 0.2) is 11.8 Å². The summed E-state index contributed by atoms with van der Waals surface area (Å²) in [5.74, 6) is -2.76. The molecule has 1 saturated heterocycles. The molecule has 0 bridgehead atoms. The summed E-state index contributed by atoms with van der Waals surface area (Å²) in [5, 5.41) is 53.5. The standard InChI is InChI=1S/C25H28O10/c1-23(32)7-12-11(4-17(23)30)21(31)19-13(27)5-18(33-2)24-6-10(26)3-16(24)25(35-22(12)20(19)24)8-14(28)15(29)9-34-25/h5,14-17,28-32H,3-4,6-9H2,1-2H3/t14-,15+,16+,17+,23-,24-,25+/m0/s1. The van der Waals surface area contributed by atoms with Crippen LogP contribution in [0.3, 0.4) is 0 Å². The van der Waals surface area contributed by atoms with Crippen LogP contribution >= 0.6 is 0 Å². The highest BCUT2D eigenvalue weighted by Crippen LogP contribution is 2.66. The number of aliphatic hydroxyl groups excluding tert-OH is 3. The monoisotopic (exact) mass is 488 g/mol. The van der Waals surface area contributed by atoms with Gasteiger partial charge < -0.3 is 39.7 Å². The van der Waals surface area contributed by atoms with E-state index in [0.717, 1.165) is 0 Å². The number of ketones is 2. The normalized spacial score (nSPS) is 41.6. The zero-order valence-electron chi connectivity index (χ0n) is 19.4. The van der Waals surface area contributed by atoms with E-state index in [1.165, 1.54) is 20.1 Å². The van der Waals surface area contributed by atoms with Crippen molar-refractivity contribution in [1.29, 1.82) is 0 Å². The fraction of sp³-hybridized carbons (Fsp3) is 0.600. The summed E-state index contributed by atoms with van der Waals surface area (Å²) in [7, 11) is 1.40. The van der Waals surface area contributed by atoms with Crippen LogP contribution in [-0.2, 0) is 32.5 Å². The number of aromatic hydroxyl groups is 1. The van der Waals surface area contributed by atoms with Crippen molar-refractivity contribution < 1.29 is 49.3 Å². The van der Waals surface area contributed by atoms with E-state index >= 15 is 0 Å². The molecule has 2 spiro atoms. The molecule has 3 aliphatic carbocycles. The quantitative estimate of drug-likeness (QED) is 0.357. The molecule has 0 unspecified atom stereocenters. The van der Waals surface area contributed by atoms with Gasteiger partial charge >= 0.3 is 0 Å². The zero-order valence-corrected chi connectivity index (χ0v) is 19.4. The van der Waals surface area contributed by atoms with Gasteiger partial charge in [0.2, 0.25) is 5.79 Å². The molecule has 1 saturated carbocycles. The van der Waals surface area contributed by atoms with Crippen LogP contribution < -0.4 is 4.74 Å². The number of phenolic OH excluding ortho intramolecular Hbond substituents is 1. The average molecular weight is 488 g/mol.